The minimum absolute atomic E-state index is 0.205. The molecule has 0 saturated heterocycles. The number of amides is 1. The SMILES string of the molecule is COc1cccc(Nc2nc(C)c(C(=O)Nc3cc(Cl)ccc3C)s2)c1. The van der Waals surface area contributed by atoms with E-state index in [4.69, 9.17) is 16.3 Å². The molecule has 2 N–H and O–H groups in total. The fourth-order valence-corrected chi connectivity index (χ4v) is 3.45. The number of aromatic nitrogens is 1. The molecule has 0 aliphatic rings. The third kappa shape index (κ3) is 4.15. The van der Waals surface area contributed by atoms with Crippen LogP contribution < -0.4 is 15.4 Å². The molecule has 5 nitrogen and oxygen atoms in total. The Bertz CT molecular complexity index is 956. The molecular weight excluding hydrogens is 370 g/mol. The maximum Gasteiger partial charge on any atom is 0.267 e. The molecular formula is C19H18ClN3O2S. The van der Waals surface area contributed by atoms with E-state index in [9.17, 15) is 4.79 Å². The lowest BCUT2D eigenvalue weighted by Gasteiger charge is -2.08. The number of anilines is 3. The van der Waals surface area contributed by atoms with Crippen molar-refractivity contribution in [2.75, 3.05) is 17.7 Å². The molecule has 0 bridgehead atoms. The number of hydrogen-bond acceptors (Lipinski definition) is 5. The number of aryl methyl sites for hydroxylation is 2. The van der Waals surface area contributed by atoms with Crippen LogP contribution in [-0.2, 0) is 0 Å². The molecule has 0 radical (unpaired) electrons. The molecule has 0 unspecified atom stereocenters. The molecule has 1 aromatic heterocycles. The number of ether oxygens (including phenoxy) is 1. The minimum atomic E-state index is -0.205. The van der Waals surface area contributed by atoms with Gasteiger partial charge in [0.25, 0.3) is 5.91 Å². The normalized spacial score (nSPS) is 10.5. The molecule has 7 heteroatoms. The quantitative estimate of drug-likeness (QED) is 0.613. The Balaban J connectivity index is 1.78. The number of benzene rings is 2. The smallest absolute Gasteiger partial charge is 0.267 e. The highest BCUT2D eigenvalue weighted by molar-refractivity contribution is 7.17. The predicted octanol–water partition coefficient (Wildman–Crippen LogP) is 5.42. The zero-order valence-electron chi connectivity index (χ0n) is 14.6. The lowest BCUT2D eigenvalue weighted by Crippen LogP contribution is -2.12. The molecule has 0 aliphatic carbocycles. The van der Waals surface area contributed by atoms with Crippen LogP contribution in [-0.4, -0.2) is 18.0 Å². The van der Waals surface area contributed by atoms with Crippen molar-refractivity contribution in [2.45, 2.75) is 13.8 Å². The summed E-state index contributed by atoms with van der Waals surface area (Å²) in [5.74, 6) is 0.543. The molecule has 1 amide bonds. The summed E-state index contributed by atoms with van der Waals surface area (Å²) in [5, 5.41) is 7.33. The first-order chi connectivity index (χ1) is 12.5. The molecule has 0 fully saturated rings. The van der Waals surface area contributed by atoms with Gasteiger partial charge in [-0.2, -0.15) is 0 Å². The molecule has 0 spiro atoms. The highest BCUT2D eigenvalue weighted by Crippen LogP contribution is 2.29. The number of methoxy groups -OCH3 is 1. The van der Waals surface area contributed by atoms with E-state index in [0.29, 0.717) is 26.4 Å². The molecule has 2 aromatic carbocycles. The van der Waals surface area contributed by atoms with Crippen LogP contribution in [0.15, 0.2) is 42.5 Å². The van der Waals surface area contributed by atoms with Crippen LogP contribution in [0.1, 0.15) is 20.9 Å². The number of halogens is 1. The Labute approximate surface area is 161 Å². The number of nitrogens with zero attached hydrogens (tertiary/aromatic N) is 1. The van der Waals surface area contributed by atoms with Gasteiger partial charge in [-0.3, -0.25) is 4.79 Å². The Morgan fingerprint density at radius 2 is 2.00 bits per heavy atom. The topological polar surface area (TPSA) is 63.2 Å². The number of nitrogens with one attached hydrogen (secondary N) is 2. The van der Waals surface area contributed by atoms with E-state index in [1.165, 1.54) is 11.3 Å². The Morgan fingerprint density at radius 3 is 2.77 bits per heavy atom. The Hall–Kier alpha value is -2.57. The first-order valence-corrected chi connectivity index (χ1v) is 9.11. The summed E-state index contributed by atoms with van der Waals surface area (Å²) in [6, 6.07) is 12.9. The monoisotopic (exact) mass is 387 g/mol. The second kappa shape index (κ2) is 7.76. The highest BCUT2D eigenvalue weighted by atomic mass is 35.5. The average Bonchev–Trinajstić information content (AvgIpc) is 2.98. The van der Waals surface area contributed by atoms with E-state index in [1.807, 2.05) is 44.2 Å². The summed E-state index contributed by atoms with van der Waals surface area (Å²) in [6.45, 7) is 3.73. The van der Waals surface area contributed by atoms with Gasteiger partial charge in [0.2, 0.25) is 0 Å². The number of carbonyl (C=O) groups is 1. The summed E-state index contributed by atoms with van der Waals surface area (Å²) < 4.78 is 5.22. The van der Waals surface area contributed by atoms with Gasteiger partial charge in [0.15, 0.2) is 5.13 Å². The van der Waals surface area contributed by atoms with Crippen molar-refractivity contribution in [3.8, 4) is 5.75 Å². The third-order valence-electron chi connectivity index (χ3n) is 3.77. The number of thiazole rings is 1. The molecule has 26 heavy (non-hydrogen) atoms. The van der Waals surface area contributed by atoms with Crippen molar-refractivity contribution in [3.63, 3.8) is 0 Å². The van der Waals surface area contributed by atoms with Crippen molar-refractivity contribution in [3.05, 3.63) is 63.6 Å². The summed E-state index contributed by atoms with van der Waals surface area (Å²) in [5.41, 5.74) is 3.14. The van der Waals surface area contributed by atoms with Crippen LogP contribution in [0.4, 0.5) is 16.5 Å². The summed E-state index contributed by atoms with van der Waals surface area (Å²) >= 11 is 7.31. The predicted molar refractivity (Wildman–Crippen MR) is 107 cm³/mol. The zero-order chi connectivity index (χ0) is 18.7. The van der Waals surface area contributed by atoms with Gasteiger partial charge in [-0.1, -0.05) is 35.1 Å². The van der Waals surface area contributed by atoms with E-state index in [1.54, 1.807) is 19.2 Å². The molecule has 3 rings (SSSR count). The van der Waals surface area contributed by atoms with Gasteiger partial charge in [-0.05, 0) is 43.7 Å². The standard InChI is InChI=1S/C19H18ClN3O2S/c1-11-7-8-13(20)9-16(11)23-18(24)17-12(2)21-19(26-17)22-14-5-4-6-15(10-14)25-3/h4-10H,1-3H3,(H,21,22)(H,23,24). The summed E-state index contributed by atoms with van der Waals surface area (Å²) in [6.07, 6.45) is 0. The first-order valence-electron chi connectivity index (χ1n) is 7.92. The fourth-order valence-electron chi connectivity index (χ4n) is 2.39. The summed E-state index contributed by atoms with van der Waals surface area (Å²) in [4.78, 5) is 17.6. The number of hydrogen-bond donors (Lipinski definition) is 2. The second-order valence-electron chi connectivity index (χ2n) is 5.70. The van der Waals surface area contributed by atoms with E-state index in [-0.39, 0.29) is 5.91 Å². The third-order valence-corrected chi connectivity index (χ3v) is 5.08. The van der Waals surface area contributed by atoms with E-state index in [0.717, 1.165) is 17.0 Å². The van der Waals surface area contributed by atoms with Gasteiger partial charge in [0.05, 0.1) is 12.8 Å². The van der Waals surface area contributed by atoms with Crippen molar-refractivity contribution >= 4 is 45.4 Å². The number of carbonyl (C=O) groups excluding carboxylic acids is 1. The average molecular weight is 388 g/mol. The van der Waals surface area contributed by atoms with E-state index < -0.39 is 0 Å². The van der Waals surface area contributed by atoms with Crippen molar-refractivity contribution in [2.24, 2.45) is 0 Å². The van der Waals surface area contributed by atoms with Crippen LogP contribution >= 0.6 is 22.9 Å². The van der Waals surface area contributed by atoms with E-state index >= 15 is 0 Å². The maximum absolute atomic E-state index is 12.6. The van der Waals surface area contributed by atoms with Crippen LogP contribution in [0.5, 0.6) is 5.75 Å². The van der Waals surface area contributed by atoms with Crippen molar-refractivity contribution in [1.29, 1.82) is 0 Å². The van der Waals surface area contributed by atoms with Gasteiger partial charge >= 0.3 is 0 Å². The lowest BCUT2D eigenvalue weighted by atomic mass is 10.2. The molecule has 0 atom stereocenters. The van der Waals surface area contributed by atoms with Gasteiger partial charge in [0, 0.05) is 22.5 Å². The van der Waals surface area contributed by atoms with Crippen LogP contribution in [0.25, 0.3) is 0 Å². The minimum Gasteiger partial charge on any atom is -0.497 e. The largest absolute Gasteiger partial charge is 0.497 e. The Morgan fingerprint density at radius 1 is 1.19 bits per heavy atom. The molecule has 3 aromatic rings. The second-order valence-corrected chi connectivity index (χ2v) is 7.14. The molecule has 1 heterocycles. The molecule has 134 valence electrons. The van der Waals surface area contributed by atoms with Gasteiger partial charge < -0.3 is 15.4 Å². The number of rotatable bonds is 5. The Kier molecular flexibility index (Phi) is 5.44. The highest BCUT2D eigenvalue weighted by Gasteiger charge is 2.16. The maximum atomic E-state index is 12.6. The molecule has 0 aliphatic heterocycles. The van der Waals surface area contributed by atoms with Crippen molar-refractivity contribution in [1.82, 2.24) is 4.98 Å². The molecule has 0 saturated carbocycles. The summed E-state index contributed by atoms with van der Waals surface area (Å²) in [7, 11) is 1.62. The van der Waals surface area contributed by atoms with Crippen LogP contribution in [0.2, 0.25) is 5.02 Å². The lowest BCUT2D eigenvalue weighted by molar-refractivity contribution is 0.102. The van der Waals surface area contributed by atoms with E-state index in [2.05, 4.69) is 15.6 Å². The fraction of sp³-hybridized carbons (Fsp3) is 0.158. The zero-order valence-corrected chi connectivity index (χ0v) is 16.2. The van der Waals surface area contributed by atoms with Crippen LogP contribution in [0.3, 0.4) is 0 Å². The van der Waals surface area contributed by atoms with Crippen molar-refractivity contribution < 1.29 is 9.53 Å². The van der Waals surface area contributed by atoms with Gasteiger partial charge in [0.1, 0.15) is 10.6 Å². The first kappa shape index (κ1) is 18.2. The van der Waals surface area contributed by atoms with Gasteiger partial charge in [-0.15, -0.1) is 0 Å². The van der Waals surface area contributed by atoms with Crippen LogP contribution in [0, 0.1) is 13.8 Å². The van der Waals surface area contributed by atoms with Gasteiger partial charge in [-0.25, -0.2) is 4.98 Å².